The molecule has 1 atom stereocenters. The molecule has 0 aromatic carbocycles. The summed E-state index contributed by atoms with van der Waals surface area (Å²) < 4.78 is 1.57. The Morgan fingerprint density at radius 2 is 2.23 bits per heavy atom. The molecule has 3 heterocycles. The SMILES string of the molecule is CN(C)c1cc(N2CCC[C@@](O)(CNC(=O)c3cnn(C)c3)C2)ncn1. The molecule has 2 aromatic heterocycles. The summed E-state index contributed by atoms with van der Waals surface area (Å²) in [7, 11) is 5.60. The van der Waals surface area contributed by atoms with Crippen LogP contribution in [0.4, 0.5) is 11.6 Å². The topological polar surface area (TPSA) is 99.4 Å². The summed E-state index contributed by atoms with van der Waals surface area (Å²) in [6.45, 7) is 1.40. The predicted octanol–water partition coefficient (Wildman–Crippen LogP) is 0.0374. The Labute approximate surface area is 152 Å². The van der Waals surface area contributed by atoms with Gasteiger partial charge in [-0.15, -0.1) is 0 Å². The average Bonchev–Trinajstić information content (AvgIpc) is 3.06. The van der Waals surface area contributed by atoms with Gasteiger partial charge in [0.1, 0.15) is 18.0 Å². The maximum Gasteiger partial charge on any atom is 0.254 e. The molecule has 140 valence electrons. The monoisotopic (exact) mass is 359 g/mol. The molecule has 1 aliphatic heterocycles. The van der Waals surface area contributed by atoms with Crippen LogP contribution in [0.1, 0.15) is 23.2 Å². The zero-order chi connectivity index (χ0) is 18.7. The second-order valence-corrected chi connectivity index (χ2v) is 6.96. The lowest BCUT2D eigenvalue weighted by Gasteiger charge is -2.40. The van der Waals surface area contributed by atoms with Gasteiger partial charge in [0.05, 0.1) is 17.4 Å². The molecule has 0 bridgehead atoms. The summed E-state index contributed by atoms with van der Waals surface area (Å²) >= 11 is 0. The molecule has 1 saturated heterocycles. The van der Waals surface area contributed by atoms with Gasteiger partial charge < -0.3 is 20.2 Å². The largest absolute Gasteiger partial charge is 0.386 e. The summed E-state index contributed by atoms with van der Waals surface area (Å²) in [5, 5.41) is 17.8. The van der Waals surface area contributed by atoms with Crippen molar-refractivity contribution in [2.24, 2.45) is 7.05 Å². The van der Waals surface area contributed by atoms with Gasteiger partial charge in [-0.1, -0.05) is 0 Å². The Morgan fingerprint density at radius 3 is 2.92 bits per heavy atom. The number of anilines is 2. The molecule has 26 heavy (non-hydrogen) atoms. The highest BCUT2D eigenvalue weighted by molar-refractivity contribution is 5.93. The number of amides is 1. The van der Waals surface area contributed by atoms with Gasteiger partial charge in [-0.3, -0.25) is 9.48 Å². The Morgan fingerprint density at radius 1 is 1.42 bits per heavy atom. The molecule has 2 aromatic rings. The summed E-state index contributed by atoms with van der Waals surface area (Å²) in [6.07, 6.45) is 6.14. The zero-order valence-electron chi connectivity index (χ0n) is 15.4. The number of carbonyl (C=O) groups is 1. The number of piperidine rings is 1. The van der Waals surface area contributed by atoms with Gasteiger partial charge in [0.15, 0.2) is 0 Å². The van der Waals surface area contributed by atoms with Gasteiger partial charge in [-0.2, -0.15) is 5.10 Å². The third-order valence-electron chi connectivity index (χ3n) is 4.52. The molecule has 0 spiro atoms. The van der Waals surface area contributed by atoms with Crippen molar-refractivity contribution < 1.29 is 9.90 Å². The van der Waals surface area contributed by atoms with E-state index in [1.54, 1.807) is 17.9 Å². The van der Waals surface area contributed by atoms with Crippen LogP contribution >= 0.6 is 0 Å². The number of β-amino-alcohol motifs (C(OH)–C–C–N with tert-alkyl or cyclic N) is 1. The fourth-order valence-electron chi connectivity index (χ4n) is 3.09. The number of rotatable bonds is 5. The molecule has 9 heteroatoms. The number of hydrogen-bond acceptors (Lipinski definition) is 7. The van der Waals surface area contributed by atoms with E-state index >= 15 is 0 Å². The normalized spacial score (nSPS) is 20.1. The van der Waals surface area contributed by atoms with E-state index in [9.17, 15) is 9.90 Å². The first-order valence-electron chi connectivity index (χ1n) is 8.60. The first-order valence-corrected chi connectivity index (χ1v) is 8.60. The molecule has 0 unspecified atom stereocenters. The fourth-order valence-corrected chi connectivity index (χ4v) is 3.09. The smallest absolute Gasteiger partial charge is 0.254 e. The van der Waals surface area contributed by atoms with E-state index in [-0.39, 0.29) is 12.5 Å². The van der Waals surface area contributed by atoms with Crippen LogP contribution in [0, 0.1) is 0 Å². The fraction of sp³-hybridized carbons (Fsp3) is 0.529. The van der Waals surface area contributed by atoms with Crippen molar-refractivity contribution in [3.8, 4) is 0 Å². The molecular weight excluding hydrogens is 334 g/mol. The third-order valence-corrected chi connectivity index (χ3v) is 4.52. The number of carbonyl (C=O) groups excluding carboxylic acids is 1. The maximum absolute atomic E-state index is 12.2. The summed E-state index contributed by atoms with van der Waals surface area (Å²) in [6, 6.07) is 1.90. The van der Waals surface area contributed by atoms with Gasteiger partial charge >= 0.3 is 0 Å². The second kappa shape index (κ2) is 7.28. The molecule has 1 fully saturated rings. The lowest BCUT2D eigenvalue weighted by atomic mass is 9.92. The molecular formula is C17H25N7O2. The highest BCUT2D eigenvalue weighted by Crippen LogP contribution is 2.25. The number of aliphatic hydroxyl groups is 1. The van der Waals surface area contributed by atoms with Crippen molar-refractivity contribution in [1.29, 1.82) is 0 Å². The van der Waals surface area contributed by atoms with Gasteiger partial charge in [-0.25, -0.2) is 9.97 Å². The molecule has 0 radical (unpaired) electrons. The van der Waals surface area contributed by atoms with Crippen molar-refractivity contribution >= 4 is 17.5 Å². The highest BCUT2D eigenvalue weighted by atomic mass is 16.3. The molecule has 2 N–H and O–H groups in total. The van der Waals surface area contributed by atoms with Crippen LogP contribution in [0.2, 0.25) is 0 Å². The number of nitrogens with zero attached hydrogens (tertiary/aromatic N) is 6. The maximum atomic E-state index is 12.2. The van der Waals surface area contributed by atoms with Crippen LogP contribution in [0.5, 0.6) is 0 Å². The molecule has 0 aliphatic carbocycles. The Kier molecular flexibility index (Phi) is 5.08. The third kappa shape index (κ3) is 4.10. The van der Waals surface area contributed by atoms with Gasteiger partial charge in [0.2, 0.25) is 0 Å². The highest BCUT2D eigenvalue weighted by Gasteiger charge is 2.34. The number of nitrogens with one attached hydrogen (secondary N) is 1. The zero-order valence-corrected chi connectivity index (χ0v) is 15.4. The Hall–Kier alpha value is -2.68. The van der Waals surface area contributed by atoms with E-state index in [2.05, 4.69) is 20.4 Å². The minimum Gasteiger partial charge on any atom is -0.386 e. The van der Waals surface area contributed by atoms with E-state index in [1.165, 1.54) is 12.5 Å². The Balaban J connectivity index is 1.65. The van der Waals surface area contributed by atoms with Crippen molar-refractivity contribution in [1.82, 2.24) is 25.1 Å². The Bertz CT molecular complexity index is 776. The van der Waals surface area contributed by atoms with Gasteiger partial charge in [0.25, 0.3) is 5.91 Å². The van der Waals surface area contributed by atoms with Crippen molar-refractivity contribution in [3.63, 3.8) is 0 Å². The molecule has 1 amide bonds. The van der Waals surface area contributed by atoms with Crippen LogP contribution in [-0.2, 0) is 7.05 Å². The van der Waals surface area contributed by atoms with E-state index in [0.717, 1.165) is 24.6 Å². The van der Waals surface area contributed by atoms with Crippen molar-refractivity contribution in [2.75, 3.05) is 43.5 Å². The number of aryl methyl sites for hydroxylation is 1. The van der Waals surface area contributed by atoms with Crippen molar-refractivity contribution in [2.45, 2.75) is 18.4 Å². The van der Waals surface area contributed by atoms with Crippen molar-refractivity contribution in [3.05, 3.63) is 30.4 Å². The summed E-state index contributed by atoms with van der Waals surface area (Å²) in [5.74, 6) is 1.36. The lowest BCUT2D eigenvalue weighted by molar-refractivity contribution is 0.0254. The quantitative estimate of drug-likeness (QED) is 0.777. The minimum absolute atomic E-state index is 0.183. The van der Waals surface area contributed by atoms with Crippen LogP contribution in [0.25, 0.3) is 0 Å². The van der Waals surface area contributed by atoms with E-state index < -0.39 is 5.60 Å². The lowest BCUT2D eigenvalue weighted by Crippen LogP contribution is -2.54. The van der Waals surface area contributed by atoms with Crippen LogP contribution in [-0.4, -0.2) is 70.1 Å². The standard InChI is InChI=1S/C17H25N7O2/c1-22(2)14-7-15(20-12-19-14)24-6-4-5-17(26,11-24)10-18-16(25)13-8-21-23(3)9-13/h7-9,12,26H,4-6,10-11H2,1-3H3,(H,18,25)/t17-/m1/s1. The van der Waals surface area contributed by atoms with Gasteiger partial charge in [-0.05, 0) is 12.8 Å². The molecule has 1 aliphatic rings. The first-order chi connectivity index (χ1) is 12.4. The number of hydrogen-bond donors (Lipinski definition) is 2. The molecule has 0 saturated carbocycles. The van der Waals surface area contributed by atoms with E-state index in [1.807, 2.05) is 30.0 Å². The molecule has 3 rings (SSSR count). The summed E-state index contributed by atoms with van der Waals surface area (Å²) in [4.78, 5) is 24.7. The van der Waals surface area contributed by atoms with Gasteiger partial charge in [0, 0.05) is 53.0 Å². The van der Waals surface area contributed by atoms with Crippen LogP contribution in [0.3, 0.4) is 0 Å². The van der Waals surface area contributed by atoms with Crippen LogP contribution in [0.15, 0.2) is 24.8 Å². The minimum atomic E-state index is -1.00. The van der Waals surface area contributed by atoms with Crippen LogP contribution < -0.4 is 15.1 Å². The van der Waals surface area contributed by atoms with E-state index in [0.29, 0.717) is 18.5 Å². The predicted molar refractivity (Wildman–Crippen MR) is 98.3 cm³/mol. The second-order valence-electron chi connectivity index (χ2n) is 6.96. The summed E-state index contributed by atoms with van der Waals surface area (Å²) in [5.41, 5.74) is -0.519. The number of aromatic nitrogens is 4. The molecule has 9 nitrogen and oxygen atoms in total. The van der Waals surface area contributed by atoms with E-state index in [4.69, 9.17) is 0 Å². The average molecular weight is 359 g/mol. The first kappa shape index (κ1) is 18.1.